The minimum atomic E-state index is -0.921. The molecule has 0 unspecified atom stereocenters. The van der Waals surface area contributed by atoms with E-state index >= 15 is 0 Å². The predicted molar refractivity (Wildman–Crippen MR) is 66.8 cm³/mol. The maximum absolute atomic E-state index is 11.0. The first-order valence-corrected chi connectivity index (χ1v) is 5.89. The molecule has 88 valence electrons. The van der Waals surface area contributed by atoms with Gasteiger partial charge in [0.15, 0.2) is 0 Å². The normalized spacial score (nSPS) is 12.6. The Morgan fingerprint density at radius 1 is 1.62 bits per heavy atom. The van der Waals surface area contributed by atoms with E-state index in [1.165, 1.54) is 0 Å². The molecule has 0 aromatic carbocycles. The molecule has 1 atom stereocenters. The number of hydrogen-bond acceptors (Lipinski definition) is 3. The molecule has 0 radical (unpaired) electrons. The van der Waals surface area contributed by atoms with E-state index in [1.54, 1.807) is 12.3 Å². The van der Waals surface area contributed by atoms with Gasteiger partial charge in [-0.2, -0.15) is 0 Å². The topological polar surface area (TPSA) is 62.2 Å². The van der Waals surface area contributed by atoms with Gasteiger partial charge in [0.2, 0.25) is 0 Å². The molecular weight excluding hydrogens is 295 g/mol. The van der Waals surface area contributed by atoms with Gasteiger partial charge in [-0.05, 0) is 27.9 Å². The van der Waals surface area contributed by atoms with E-state index in [4.69, 9.17) is 16.7 Å². The van der Waals surface area contributed by atoms with Crippen molar-refractivity contribution in [3.8, 4) is 0 Å². The SMILES string of the molecule is CC(C)[C@@H](Nc1ncc(Br)cc1Cl)C(=O)O. The summed E-state index contributed by atoms with van der Waals surface area (Å²) in [6.07, 6.45) is 1.56. The molecule has 16 heavy (non-hydrogen) atoms. The summed E-state index contributed by atoms with van der Waals surface area (Å²) in [6.45, 7) is 3.64. The van der Waals surface area contributed by atoms with E-state index in [0.717, 1.165) is 4.47 Å². The molecule has 0 aliphatic carbocycles. The van der Waals surface area contributed by atoms with E-state index in [9.17, 15) is 4.79 Å². The molecule has 4 nitrogen and oxygen atoms in total. The molecule has 6 heteroatoms. The Labute approximate surface area is 107 Å². The summed E-state index contributed by atoms with van der Waals surface area (Å²) in [6, 6.07) is 0.960. The molecule has 0 saturated carbocycles. The molecule has 0 aliphatic heterocycles. The number of carboxylic acids is 1. The number of anilines is 1. The standard InChI is InChI=1S/C10H12BrClN2O2/c1-5(2)8(10(15)16)14-9-7(12)3-6(11)4-13-9/h3-5,8H,1-2H3,(H,13,14)(H,15,16)/t8-/m1/s1. The lowest BCUT2D eigenvalue weighted by atomic mass is 10.1. The summed E-state index contributed by atoms with van der Waals surface area (Å²) < 4.78 is 0.750. The fourth-order valence-electron chi connectivity index (χ4n) is 1.18. The van der Waals surface area contributed by atoms with Crippen LogP contribution in [0.4, 0.5) is 5.82 Å². The molecular formula is C10H12BrClN2O2. The van der Waals surface area contributed by atoms with E-state index < -0.39 is 12.0 Å². The van der Waals surface area contributed by atoms with Crippen LogP contribution in [-0.4, -0.2) is 22.1 Å². The highest BCUT2D eigenvalue weighted by Crippen LogP contribution is 2.24. The van der Waals surface area contributed by atoms with Crippen molar-refractivity contribution in [3.05, 3.63) is 21.8 Å². The number of nitrogens with one attached hydrogen (secondary N) is 1. The highest BCUT2D eigenvalue weighted by Gasteiger charge is 2.22. The van der Waals surface area contributed by atoms with Gasteiger partial charge >= 0.3 is 5.97 Å². The van der Waals surface area contributed by atoms with Crippen LogP contribution in [0.2, 0.25) is 5.02 Å². The van der Waals surface area contributed by atoms with E-state index in [-0.39, 0.29) is 5.92 Å². The zero-order chi connectivity index (χ0) is 12.3. The first-order valence-electron chi connectivity index (χ1n) is 4.72. The van der Waals surface area contributed by atoms with Gasteiger partial charge < -0.3 is 10.4 Å². The summed E-state index contributed by atoms with van der Waals surface area (Å²) in [5.74, 6) is -0.597. The lowest BCUT2D eigenvalue weighted by Crippen LogP contribution is -2.34. The van der Waals surface area contributed by atoms with Gasteiger partial charge in [0, 0.05) is 10.7 Å². The fraction of sp³-hybridized carbons (Fsp3) is 0.400. The van der Waals surface area contributed by atoms with Crippen molar-refractivity contribution in [3.63, 3.8) is 0 Å². The molecule has 0 amide bonds. The molecule has 0 spiro atoms. The van der Waals surface area contributed by atoms with Gasteiger partial charge in [-0.1, -0.05) is 25.4 Å². The summed E-state index contributed by atoms with van der Waals surface area (Å²) in [5, 5.41) is 12.2. The van der Waals surface area contributed by atoms with Crippen LogP contribution in [0.1, 0.15) is 13.8 Å². The van der Waals surface area contributed by atoms with Crippen LogP contribution in [0, 0.1) is 5.92 Å². The smallest absolute Gasteiger partial charge is 0.326 e. The monoisotopic (exact) mass is 306 g/mol. The van der Waals surface area contributed by atoms with Crippen LogP contribution in [-0.2, 0) is 4.79 Å². The predicted octanol–water partition coefficient (Wildman–Crippen LogP) is 3.02. The lowest BCUT2D eigenvalue weighted by molar-refractivity contribution is -0.138. The Hall–Kier alpha value is -0.810. The Balaban J connectivity index is 2.90. The Bertz CT molecular complexity index is 398. The highest BCUT2D eigenvalue weighted by molar-refractivity contribution is 9.10. The number of aliphatic carboxylic acids is 1. The van der Waals surface area contributed by atoms with Crippen molar-refractivity contribution in [2.45, 2.75) is 19.9 Å². The van der Waals surface area contributed by atoms with Gasteiger partial charge in [0.25, 0.3) is 0 Å². The number of carbonyl (C=O) groups is 1. The van der Waals surface area contributed by atoms with E-state index in [2.05, 4.69) is 26.2 Å². The van der Waals surface area contributed by atoms with Crippen molar-refractivity contribution in [2.75, 3.05) is 5.32 Å². The number of pyridine rings is 1. The Morgan fingerprint density at radius 3 is 2.69 bits per heavy atom. The third-order valence-electron chi connectivity index (χ3n) is 2.03. The minimum absolute atomic E-state index is 0.0565. The second-order valence-corrected chi connectivity index (χ2v) is 5.01. The zero-order valence-corrected chi connectivity index (χ0v) is 11.2. The first kappa shape index (κ1) is 13.3. The van der Waals surface area contributed by atoms with Crippen LogP contribution in [0.25, 0.3) is 0 Å². The number of rotatable bonds is 4. The van der Waals surface area contributed by atoms with Crippen LogP contribution in [0.15, 0.2) is 16.7 Å². The summed E-state index contributed by atoms with van der Waals surface area (Å²) in [4.78, 5) is 15.0. The zero-order valence-electron chi connectivity index (χ0n) is 8.87. The fourth-order valence-corrected chi connectivity index (χ4v) is 1.87. The Morgan fingerprint density at radius 2 is 2.25 bits per heavy atom. The van der Waals surface area contributed by atoms with E-state index in [0.29, 0.717) is 10.8 Å². The third kappa shape index (κ3) is 3.35. The largest absolute Gasteiger partial charge is 0.480 e. The molecule has 0 bridgehead atoms. The van der Waals surface area contributed by atoms with Gasteiger partial charge in [0.05, 0.1) is 5.02 Å². The summed E-state index contributed by atoms with van der Waals surface area (Å²) >= 11 is 9.16. The molecule has 1 rings (SSSR count). The number of halogens is 2. The third-order valence-corrected chi connectivity index (χ3v) is 2.75. The van der Waals surface area contributed by atoms with Gasteiger partial charge in [-0.25, -0.2) is 9.78 Å². The molecule has 1 heterocycles. The van der Waals surface area contributed by atoms with Crippen molar-refractivity contribution in [2.24, 2.45) is 5.92 Å². The van der Waals surface area contributed by atoms with Crippen LogP contribution in [0.5, 0.6) is 0 Å². The highest BCUT2D eigenvalue weighted by atomic mass is 79.9. The number of hydrogen-bond donors (Lipinski definition) is 2. The van der Waals surface area contributed by atoms with Crippen LogP contribution >= 0.6 is 27.5 Å². The number of nitrogens with zero attached hydrogens (tertiary/aromatic N) is 1. The minimum Gasteiger partial charge on any atom is -0.480 e. The maximum Gasteiger partial charge on any atom is 0.326 e. The summed E-state index contributed by atoms with van der Waals surface area (Å²) in [5.41, 5.74) is 0. The average molecular weight is 308 g/mol. The molecule has 0 fully saturated rings. The second kappa shape index (κ2) is 5.50. The van der Waals surface area contributed by atoms with Crippen molar-refractivity contribution >= 4 is 39.3 Å². The first-order chi connectivity index (χ1) is 7.41. The summed E-state index contributed by atoms with van der Waals surface area (Å²) in [7, 11) is 0. The van der Waals surface area contributed by atoms with E-state index in [1.807, 2.05) is 13.8 Å². The Kier molecular flexibility index (Phi) is 4.56. The molecule has 1 aromatic rings. The second-order valence-electron chi connectivity index (χ2n) is 3.69. The van der Waals surface area contributed by atoms with Crippen molar-refractivity contribution < 1.29 is 9.90 Å². The van der Waals surface area contributed by atoms with Crippen molar-refractivity contribution in [1.29, 1.82) is 0 Å². The average Bonchev–Trinajstić information content (AvgIpc) is 2.15. The molecule has 0 saturated heterocycles. The van der Waals surface area contributed by atoms with Gasteiger partial charge in [-0.15, -0.1) is 0 Å². The van der Waals surface area contributed by atoms with Crippen LogP contribution < -0.4 is 5.32 Å². The van der Waals surface area contributed by atoms with Gasteiger partial charge in [-0.3, -0.25) is 0 Å². The quantitative estimate of drug-likeness (QED) is 0.897. The van der Waals surface area contributed by atoms with Crippen molar-refractivity contribution in [1.82, 2.24) is 4.98 Å². The van der Waals surface area contributed by atoms with Crippen LogP contribution in [0.3, 0.4) is 0 Å². The maximum atomic E-state index is 11.0. The molecule has 1 aromatic heterocycles. The molecule has 0 aliphatic rings. The lowest BCUT2D eigenvalue weighted by Gasteiger charge is -2.19. The molecule has 2 N–H and O–H groups in total. The van der Waals surface area contributed by atoms with Gasteiger partial charge in [0.1, 0.15) is 11.9 Å². The number of carboxylic acid groups (broad SMARTS) is 1. The number of aromatic nitrogens is 1.